The molecule has 0 spiro atoms. The second-order valence-corrected chi connectivity index (χ2v) is 10.8. The molecule has 2 bridgehead atoms. The van der Waals surface area contributed by atoms with E-state index in [0.717, 1.165) is 32.1 Å². The third kappa shape index (κ3) is 3.41. The van der Waals surface area contributed by atoms with E-state index in [0.29, 0.717) is 34.4 Å². The van der Waals surface area contributed by atoms with E-state index >= 15 is 0 Å². The first-order valence-corrected chi connectivity index (χ1v) is 12.0. The van der Waals surface area contributed by atoms with Crippen LogP contribution < -0.4 is 15.4 Å². The van der Waals surface area contributed by atoms with E-state index in [-0.39, 0.29) is 47.2 Å². The van der Waals surface area contributed by atoms with Gasteiger partial charge in [-0.25, -0.2) is 4.39 Å². The second kappa shape index (κ2) is 7.39. The van der Waals surface area contributed by atoms with E-state index in [1.165, 1.54) is 12.1 Å². The topological polar surface area (TPSA) is 104 Å². The highest BCUT2D eigenvalue weighted by molar-refractivity contribution is 5.85. The van der Waals surface area contributed by atoms with Crippen molar-refractivity contribution in [2.24, 2.45) is 23.7 Å². The van der Waals surface area contributed by atoms with Gasteiger partial charge in [-0.1, -0.05) is 6.92 Å². The zero-order chi connectivity index (χ0) is 23.7. The molecule has 7 nitrogen and oxygen atoms in total. The molecule has 7 rings (SSSR count). The first kappa shape index (κ1) is 21.3. The smallest absolute Gasteiger partial charge is 0.234 e. The molecule has 2 aromatic rings. The molecule has 1 heterocycles. The monoisotopic (exact) mass is 462 g/mol. The first-order valence-electron chi connectivity index (χ1n) is 12.0. The highest BCUT2D eigenvalue weighted by Gasteiger charge is 2.70. The number of ether oxygens (including phenoxy) is 1. The van der Waals surface area contributed by atoms with E-state index in [1.54, 1.807) is 18.3 Å². The number of pyridine rings is 1. The molecule has 8 heteroatoms. The molecular weight excluding hydrogens is 435 g/mol. The van der Waals surface area contributed by atoms with Crippen molar-refractivity contribution in [1.29, 1.82) is 5.26 Å². The lowest BCUT2D eigenvalue weighted by molar-refractivity contribution is -0.151. The van der Waals surface area contributed by atoms with Gasteiger partial charge < -0.3 is 15.4 Å². The molecule has 0 saturated heterocycles. The number of nitriles is 1. The third-order valence-electron chi connectivity index (χ3n) is 8.48. The van der Waals surface area contributed by atoms with Crippen molar-refractivity contribution in [2.45, 2.75) is 62.6 Å². The Balaban J connectivity index is 1.00. The lowest BCUT2D eigenvalue weighted by Gasteiger charge is -2.70. The van der Waals surface area contributed by atoms with Gasteiger partial charge in [0.2, 0.25) is 11.8 Å². The number of amides is 2. The van der Waals surface area contributed by atoms with Crippen LogP contribution in [0.3, 0.4) is 0 Å². The quantitative estimate of drug-likeness (QED) is 0.658. The Hall–Kier alpha value is -3.21. The minimum Gasteiger partial charge on any atom is -0.490 e. The van der Waals surface area contributed by atoms with Crippen LogP contribution in [0, 0.1) is 40.8 Å². The van der Waals surface area contributed by atoms with Gasteiger partial charge in [-0.15, -0.1) is 0 Å². The standard InChI is InChI=1S/C26H27FN4O3/c1-14(24(33)31-26-11-25(12-26,13-26)30-22(32)4-6-28)23-17-9-16(10-18(17)23)34-21-5-7-29-20-3-2-15(27)8-19(20)21/h2-3,5,7-8,14,16-18,23H,4,9-13H2,1H3,(H,30,32)(H,31,33)/t14?,16-,17-,18+,23+,25?,26?. The summed E-state index contributed by atoms with van der Waals surface area (Å²) in [5.74, 6) is 1.52. The van der Waals surface area contributed by atoms with Gasteiger partial charge in [0.25, 0.3) is 0 Å². The number of carbonyl (C=O) groups is 2. The zero-order valence-corrected chi connectivity index (χ0v) is 19.0. The molecule has 2 amide bonds. The summed E-state index contributed by atoms with van der Waals surface area (Å²) >= 11 is 0. The summed E-state index contributed by atoms with van der Waals surface area (Å²) < 4.78 is 20.0. The van der Waals surface area contributed by atoms with Gasteiger partial charge in [0, 0.05) is 28.6 Å². The van der Waals surface area contributed by atoms with Gasteiger partial charge in [0.1, 0.15) is 18.0 Å². The summed E-state index contributed by atoms with van der Waals surface area (Å²) in [7, 11) is 0. The van der Waals surface area contributed by atoms with E-state index in [1.807, 2.05) is 13.0 Å². The Morgan fingerprint density at radius 2 is 1.91 bits per heavy atom. The molecule has 0 radical (unpaired) electrons. The summed E-state index contributed by atoms with van der Waals surface area (Å²) in [5, 5.41) is 15.5. The van der Waals surface area contributed by atoms with E-state index in [2.05, 4.69) is 15.6 Å². The minimum absolute atomic E-state index is 0.0510. The van der Waals surface area contributed by atoms with Crippen molar-refractivity contribution in [3.63, 3.8) is 0 Å². The van der Waals surface area contributed by atoms with Gasteiger partial charge in [-0.3, -0.25) is 14.6 Å². The van der Waals surface area contributed by atoms with Gasteiger partial charge >= 0.3 is 0 Å². The number of hydrogen-bond donors (Lipinski definition) is 2. The fourth-order valence-electron chi connectivity index (χ4n) is 7.07. The number of benzene rings is 1. The summed E-state index contributed by atoms with van der Waals surface area (Å²) in [6.07, 6.45) is 5.71. The highest BCUT2D eigenvalue weighted by Crippen LogP contribution is 2.63. The minimum atomic E-state index is -0.307. The van der Waals surface area contributed by atoms with Crippen molar-refractivity contribution in [1.82, 2.24) is 15.6 Å². The summed E-state index contributed by atoms with van der Waals surface area (Å²) in [6, 6.07) is 8.19. The molecule has 1 unspecified atom stereocenters. The summed E-state index contributed by atoms with van der Waals surface area (Å²) in [5.41, 5.74) is 0.314. The molecular formula is C26H27FN4O3. The van der Waals surface area contributed by atoms with Crippen LogP contribution in [0.15, 0.2) is 30.5 Å². The number of fused-ring (bicyclic) bond motifs is 2. The van der Waals surface area contributed by atoms with Crippen LogP contribution in [0.25, 0.3) is 10.9 Å². The van der Waals surface area contributed by atoms with Crippen molar-refractivity contribution in [3.05, 3.63) is 36.3 Å². The Morgan fingerprint density at radius 1 is 1.21 bits per heavy atom. The van der Waals surface area contributed by atoms with Crippen molar-refractivity contribution in [2.75, 3.05) is 0 Å². The van der Waals surface area contributed by atoms with Crippen LogP contribution in [0.2, 0.25) is 0 Å². The number of halogens is 1. The molecule has 176 valence electrons. The van der Waals surface area contributed by atoms with E-state index in [9.17, 15) is 14.0 Å². The Labute approximate surface area is 197 Å². The number of nitrogens with zero attached hydrogens (tertiary/aromatic N) is 2. The SMILES string of the molecule is CC(C(=O)NC12CC(NC(=O)CC#N)(C1)C2)[C@H]1[C@@H]2C[C@@H](Oc3ccnc4ccc(F)cc34)C[C@@H]21. The molecule has 34 heavy (non-hydrogen) atoms. The van der Waals surface area contributed by atoms with E-state index in [4.69, 9.17) is 10.00 Å². The molecule has 5 aliphatic rings. The molecule has 1 aromatic carbocycles. The van der Waals surface area contributed by atoms with Gasteiger partial charge in [-0.2, -0.15) is 5.26 Å². The van der Waals surface area contributed by atoms with Gasteiger partial charge in [-0.05, 0) is 74.1 Å². The molecule has 5 fully saturated rings. The average Bonchev–Trinajstić information content (AvgIpc) is 3.25. The zero-order valence-electron chi connectivity index (χ0n) is 19.0. The maximum Gasteiger partial charge on any atom is 0.234 e. The molecule has 2 N–H and O–H groups in total. The lowest BCUT2D eigenvalue weighted by Crippen LogP contribution is -2.84. The van der Waals surface area contributed by atoms with Crippen molar-refractivity contribution < 1.29 is 18.7 Å². The number of hydrogen-bond acceptors (Lipinski definition) is 5. The third-order valence-corrected chi connectivity index (χ3v) is 8.48. The molecule has 5 saturated carbocycles. The molecule has 5 atom stereocenters. The first-order chi connectivity index (χ1) is 16.3. The maximum atomic E-state index is 13.7. The molecule has 0 aliphatic heterocycles. The second-order valence-electron chi connectivity index (χ2n) is 10.8. The predicted octanol–water partition coefficient (Wildman–Crippen LogP) is 3.23. The van der Waals surface area contributed by atoms with Gasteiger partial charge in [0.15, 0.2) is 0 Å². The average molecular weight is 463 g/mol. The van der Waals surface area contributed by atoms with E-state index < -0.39 is 0 Å². The van der Waals surface area contributed by atoms with Crippen LogP contribution in [-0.2, 0) is 9.59 Å². The number of aromatic nitrogens is 1. The number of carbonyl (C=O) groups excluding carboxylic acids is 2. The predicted molar refractivity (Wildman–Crippen MR) is 121 cm³/mol. The van der Waals surface area contributed by atoms with Crippen molar-refractivity contribution >= 4 is 22.7 Å². The van der Waals surface area contributed by atoms with Gasteiger partial charge in [0.05, 0.1) is 17.7 Å². The lowest BCUT2D eigenvalue weighted by atomic mass is 9.44. The van der Waals surface area contributed by atoms with Crippen LogP contribution in [0.5, 0.6) is 5.75 Å². The van der Waals surface area contributed by atoms with Crippen LogP contribution in [0.4, 0.5) is 4.39 Å². The summed E-state index contributed by atoms with van der Waals surface area (Å²) in [6.45, 7) is 2.02. The Bertz CT molecular complexity index is 1210. The Morgan fingerprint density at radius 3 is 2.62 bits per heavy atom. The highest BCUT2D eigenvalue weighted by atomic mass is 19.1. The van der Waals surface area contributed by atoms with Crippen LogP contribution in [0.1, 0.15) is 45.4 Å². The number of rotatable bonds is 7. The van der Waals surface area contributed by atoms with Crippen LogP contribution in [-0.4, -0.2) is 34.0 Å². The fourth-order valence-corrected chi connectivity index (χ4v) is 7.07. The largest absolute Gasteiger partial charge is 0.490 e. The number of nitrogens with one attached hydrogen (secondary N) is 2. The summed E-state index contributed by atoms with van der Waals surface area (Å²) in [4.78, 5) is 28.9. The maximum absolute atomic E-state index is 13.7. The van der Waals surface area contributed by atoms with Crippen molar-refractivity contribution in [3.8, 4) is 11.8 Å². The Kier molecular flexibility index (Phi) is 4.64. The molecule has 1 aromatic heterocycles. The molecule has 5 aliphatic carbocycles. The normalized spacial score (nSPS) is 35.2. The van der Waals surface area contributed by atoms with Crippen LogP contribution >= 0.6 is 0 Å². The fraction of sp³-hybridized carbons (Fsp3) is 0.538.